The number of nitrogens with two attached hydrogens (primary N) is 1. The molecule has 15 heavy (non-hydrogen) atoms. The van der Waals surface area contributed by atoms with Gasteiger partial charge in [-0.1, -0.05) is 0 Å². The lowest BCUT2D eigenvalue weighted by atomic mass is 10.3. The maximum absolute atomic E-state index is 5.67. The third-order valence-electron chi connectivity index (χ3n) is 2.30. The molecule has 0 aliphatic carbocycles. The first kappa shape index (κ1) is 9.85. The van der Waals surface area contributed by atoms with E-state index in [2.05, 4.69) is 22.1 Å². The van der Waals surface area contributed by atoms with Gasteiger partial charge in [0.2, 0.25) is 0 Å². The van der Waals surface area contributed by atoms with Crippen LogP contribution in [0.4, 0.5) is 5.82 Å². The molecule has 0 aromatic carbocycles. The molecular formula is C9H12N5O. The minimum absolute atomic E-state index is 0.360. The zero-order valence-electron chi connectivity index (χ0n) is 8.64. The van der Waals surface area contributed by atoms with E-state index in [0.29, 0.717) is 17.0 Å². The Bertz CT molecular complexity index is 490. The molecule has 79 valence electrons. The van der Waals surface area contributed by atoms with E-state index in [0.717, 1.165) is 0 Å². The lowest BCUT2D eigenvalue weighted by Gasteiger charge is -2.24. The third kappa shape index (κ3) is 1.42. The first-order valence-electron chi connectivity index (χ1n) is 4.43. The van der Waals surface area contributed by atoms with Crippen molar-refractivity contribution in [2.45, 2.75) is 19.6 Å². The molecule has 2 rings (SSSR count). The molecule has 0 bridgehead atoms. The minimum Gasteiger partial charge on any atom is -0.382 e. The maximum Gasteiger partial charge on any atom is 0.167 e. The van der Waals surface area contributed by atoms with Crippen LogP contribution in [0.2, 0.25) is 0 Å². The van der Waals surface area contributed by atoms with Crippen molar-refractivity contribution >= 4 is 17.0 Å². The van der Waals surface area contributed by atoms with Crippen LogP contribution in [0.25, 0.3) is 11.2 Å². The Balaban J connectivity index is 2.69. The van der Waals surface area contributed by atoms with E-state index in [4.69, 9.17) is 10.5 Å². The van der Waals surface area contributed by atoms with Gasteiger partial charge in [-0.3, -0.25) is 4.57 Å². The van der Waals surface area contributed by atoms with E-state index < -0.39 is 5.72 Å². The second-order valence-corrected chi connectivity index (χ2v) is 3.64. The number of nitrogen functional groups attached to an aromatic ring is 1. The van der Waals surface area contributed by atoms with Gasteiger partial charge >= 0.3 is 0 Å². The fourth-order valence-electron chi connectivity index (χ4n) is 1.32. The van der Waals surface area contributed by atoms with Gasteiger partial charge in [-0.2, -0.15) is 0 Å². The Morgan fingerprint density at radius 3 is 2.80 bits per heavy atom. The summed E-state index contributed by atoms with van der Waals surface area (Å²) in [5.41, 5.74) is 6.26. The molecule has 0 aliphatic heterocycles. The molecule has 0 aliphatic rings. The van der Waals surface area contributed by atoms with Gasteiger partial charge in [-0.15, -0.1) is 0 Å². The molecule has 0 unspecified atom stereocenters. The summed E-state index contributed by atoms with van der Waals surface area (Å²) in [5.74, 6) is 0.360. The molecule has 0 saturated heterocycles. The van der Waals surface area contributed by atoms with E-state index in [9.17, 15) is 0 Å². The molecule has 0 spiro atoms. The van der Waals surface area contributed by atoms with Gasteiger partial charge in [-0.25, -0.2) is 15.0 Å². The predicted molar refractivity (Wildman–Crippen MR) is 55.5 cm³/mol. The van der Waals surface area contributed by atoms with Gasteiger partial charge in [0.25, 0.3) is 0 Å². The Kier molecular flexibility index (Phi) is 2.08. The van der Waals surface area contributed by atoms with Gasteiger partial charge in [0.1, 0.15) is 17.6 Å². The van der Waals surface area contributed by atoms with Crippen molar-refractivity contribution in [2.24, 2.45) is 0 Å². The largest absolute Gasteiger partial charge is 0.382 e. The van der Waals surface area contributed by atoms with Crippen molar-refractivity contribution in [2.75, 3.05) is 5.73 Å². The van der Waals surface area contributed by atoms with Gasteiger partial charge in [0, 0.05) is 0 Å². The highest BCUT2D eigenvalue weighted by Crippen LogP contribution is 2.23. The molecule has 1 radical (unpaired) electrons. The Morgan fingerprint density at radius 2 is 2.13 bits per heavy atom. The second kappa shape index (κ2) is 3.16. The van der Waals surface area contributed by atoms with E-state index in [1.54, 1.807) is 10.9 Å². The van der Waals surface area contributed by atoms with E-state index in [1.165, 1.54) is 6.33 Å². The molecule has 0 amide bonds. The molecule has 0 atom stereocenters. The maximum atomic E-state index is 5.67. The smallest absolute Gasteiger partial charge is 0.167 e. The molecule has 6 nitrogen and oxygen atoms in total. The molecule has 2 aromatic rings. The number of hydrogen-bond acceptors (Lipinski definition) is 5. The zero-order valence-corrected chi connectivity index (χ0v) is 8.64. The zero-order chi connectivity index (χ0) is 11.1. The van der Waals surface area contributed by atoms with Crippen LogP contribution < -0.4 is 5.73 Å². The second-order valence-electron chi connectivity index (χ2n) is 3.64. The van der Waals surface area contributed by atoms with Crippen molar-refractivity contribution in [3.63, 3.8) is 0 Å². The summed E-state index contributed by atoms with van der Waals surface area (Å²) in [6.45, 7) is 3.72. The summed E-state index contributed by atoms with van der Waals surface area (Å²) in [5, 5.41) is 0. The van der Waals surface area contributed by atoms with Crippen molar-refractivity contribution < 1.29 is 4.74 Å². The number of anilines is 1. The molecule has 2 N–H and O–H groups in total. The number of rotatable bonds is 2. The molecule has 6 heteroatoms. The molecular weight excluding hydrogens is 194 g/mol. The monoisotopic (exact) mass is 206 g/mol. The van der Waals surface area contributed by atoms with Gasteiger partial charge in [-0.05, 0) is 13.8 Å². The average Bonchev–Trinajstić information content (AvgIpc) is 2.63. The summed E-state index contributed by atoms with van der Waals surface area (Å²) >= 11 is 0. The average molecular weight is 206 g/mol. The summed E-state index contributed by atoms with van der Waals surface area (Å²) in [7, 11) is 3.42. The Morgan fingerprint density at radius 1 is 1.40 bits per heavy atom. The van der Waals surface area contributed by atoms with Crippen LogP contribution in [0.3, 0.4) is 0 Å². The lowest BCUT2D eigenvalue weighted by molar-refractivity contribution is -0.0167. The summed E-state index contributed by atoms with van der Waals surface area (Å²) in [6, 6.07) is 0. The van der Waals surface area contributed by atoms with Crippen LogP contribution in [0.5, 0.6) is 0 Å². The van der Waals surface area contributed by atoms with E-state index in [-0.39, 0.29) is 0 Å². The fourth-order valence-corrected chi connectivity index (χ4v) is 1.32. The lowest BCUT2D eigenvalue weighted by Crippen LogP contribution is -2.27. The number of imidazole rings is 1. The topological polar surface area (TPSA) is 78.9 Å². The highest BCUT2D eigenvalue weighted by Gasteiger charge is 2.22. The van der Waals surface area contributed by atoms with Crippen LogP contribution in [0, 0.1) is 7.11 Å². The Hall–Kier alpha value is -1.69. The highest BCUT2D eigenvalue weighted by molar-refractivity contribution is 5.81. The van der Waals surface area contributed by atoms with E-state index in [1.807, 2.05) is 13.8 Å². The number of aromatic nitrogens is 4. The van der Waals surface area contributed by atoms with Crippen molar-refractivity contribution in [3.05, 3.63) is 19.8 Å². The quantitative estimate of drug-likeness (QED) is 0.790. The van der Waals surface area contributed by atoms with Crippen molar-refractivity contribution in [3.8, 4) is 0 Å². The third-order valence-corrected chi connectivity index (χ3v) is 2.30. The number of nitrogens with zero attached hydrogens (tertiary/aromatic N) is 4. The van der Waals surface area contributed by atoms with Gasteiger partial charge in [0.15, 0.2) is 11.5 Å². The van der Waals surface area contributed by atoms with E-state index >= 15 is 0 Å². The first-order valence-corrected chi connectivity index (χ1v) is 4.43. The normalized spacial score (nSPS) is 12.2. The van der Waals surface area contributed by atoms with Crippen LogP contribution >= 0.6 is 0 Å². The van der Waals surface area contributed by atoms with Gasteiger partial charge in [0.05, 0.1) is 13.4 Å². The van der Waals surface area contributed by atoms with Gasteiger partial charge < -0.3 is 10.5 Å². The van der Waals surface area contributed by atoms with Crippen molar-refractivity contribution in [1.29, 1.82) is 0 Å². The number of ether oxygens (including phenoxy) is 1. The van der Waals surface area contributed by atoms with Crippen LogP contribution in [0.1, 0.15) is 13.8 Å². The predicted octanol–water partition coefficient (Wildman–Crippen LogP) is 0.909. The van der Waals surface area contributed by atoms with Crippen molar-refractivity contribution in [1.82, 2.24) is 19.5 Å². The molecule has 0 saturated carbocycles. The minimum atomic E-state index is -0.616. The summed E-state index contributed by atoms with van der Waals surface area (Å²) in [4.78, 5) is 12.1. The molecule has 2 heterocycles. The molecule has 0 fully saturated rings. The van der Waals surface area contributed by atoms with Crippen LogP contribution in [-0.4, -0.2) is 19.5 Å². The summed E-state index contributed by atoms with van der Waals surface area (Å²) < 4.78 is 6.86. The SMILES string of the molecule is [CH2]OC(C)(C)n1cnc2c(N)ncnc21. The first-order chi connectivity index (χ1) is 7.06. The van der Waals surface area contributed by atoms with Crippen LogP contribution in [-0.2, 0) is 10.5 Å². The molecule has 2 aromatic heterocycles. The van der Waals surface area contributed by atoms with Crippen LogP contribution in [0.15, 0.2) is 12.7 Å². The fraction of sp³-hybridized carbons (Fsp3) is 0.333. The number of hydrogen-bond donors (Lipinski definition) is 1. The standard InChI is InChI=1S/C9H12N5O/c1-9(2,15-3)14-5-13-6-7(10)11-4-12-8(6)14/h4-5H,3H2,1-2H3,(H2,10,11,12). The number of fused-ring (bicyclic) bond motifs is 1. The highest BCUT2D eigenvalue weighted by atomic mass is 16.5. The Labute approximate surface area is 87.1 Å². The summed E-state index contributed by atoms with van der Waals surface area (Å²) in [6.07, 6.45) is 3.01.